The lowest BCUT2D eigenvalue weighted by atomic mass is 10.2. The van der Waals surface area contributed by atoms with Crippen molar-refractivity contribution in [3.8, 4) is 17.2 Å². The van der Waals surface area contributed by atoms with Crippen molar-refractivity contribution in [3.05, 3.63) is 90.0 Å². The first-order chi connectivity index (χ1) is 14.6. The Morgan fingerprint density at radius 3 is 2.17 bits per heavy atom. The molecule has 0 spiro atoms. The number of carbonyl (C=O) groups excluding carboxylic acids is 2. The van der Waals surface area contributed by atoms with Crippen LogP contribution < -0.4 is 19.6 Å². The van der Waals surface area contributed by atoms with Gasteiger partial charge in [0, 0.05) is 0 Å². The molecule has 0 saturated heterocycles. The number of methoxy groups -OCH3 is 1. The van der Waals surface area contributed by atoms with Crippen LogP contribution in [0.15, 0.2) is 84.0 Å². The molecule has 0 atom stereocenters. The number of hydrazone groups is 1. The Balaban J connectivity index is 1.44. The van der Waals surface area contributed by atoms with Crippen molar-refractivity contribution in [2.45, 2.75) is 0 Å². The molecule has 0 heterocycles. The Labute approximate surface area is 173 Å². The van der Waals surface area contributed by atoms with Gasteiger partial charge in [-0.2, -0.15) is 5.10 Å². The Morgan fingerprint density at radius 2 is 1.50 bits per heavy atom. The SMILES string of the molecule is COc1ccc(OCC(=O)N/N=C/c2ccc(OC(=O)c3ccccc3)cc2)cc1. The molecule has 3 aromatic rings. The minimum atomic E-state index is -0.429. The average molecular weight is 404 g/mol. The van der Waals surface area contributed by atoms with E-state index in [0.717, 1.165) is 5.56 Å². The lowest BCUT2D eigenvalue weighted by Crippen LogP contribution is -2.24. The largest absolute Gasteiger partial charge is 0.497 e. The van der Waals surface area contributed by atoms with Crippen LogP contribution in [-0.4, -0.2) is 31.8 Å². The van der Waals surface area contributed by atoms with Crippen molar-refractivity contribution in [2.75, 3.05) is 13.7 Å². The molecule has 1 amide bonds. The van der Waals surface area contributed by atoms with Gasteiger partial charge >= 0.3 is 5.97 Å². The quantitative estimate of drug-likeness (QED) is 0.269. The van der Waals surface area contributed by atoms with E-state index in [2.05, 4.69) is 10.5 Å². The first-order valence-electron chi connectivity index (χ1n) is 9.10. The summed E-state index contributed by atoms with van der Waals surface area (Å²) in [5, 5.41) is 3.89. The number of benzene rings is 3. The third-order valence-electron chi connectivity index (χ3n) is 3.93. The van der Waals surface area contributed by atoms with E-state index >= 15 is 0 Å². The molecule has 0 aromatic heterocycles. The first-order valence-corrected chi connectivity index (χ1v) is 9.10. The minimum absolute atomic E-state index is 0.169. The molecule has 3 rings (SSSR count). The molecular formula is C23H20N2O5. The predicted octanol–water partition coefficient (Wildman–Crippen LogP) is 3.44. The van der Waals surface area contributed by atoms with Crippen molar-refractivity contribution in [1.29, 1.82) is 0 Å². The molecule has 30 heavy (non-hydrogen) atoms. The Morgan fingerprint density at radius 1 is 0.867 bits per heavy atom. The second kappa shape index (κ2) is 10.4. The number of nitrogens with one attached hydrogen (secondary N) is 1. The fourth-order valence-corrected chi connectivity index (χ4v) is 2.39. The summed E-state index contributed by atoms with van der Waals surface area (Å²) in [6, 6.07) is 22.4. The number of rotatable bonds is 8. The summed E-state index contributed by atoms with van der Waals surface area (Å²) in [7, 11) is 1.58. The average Bonchev–Trinajstić information content (AvgIpc) is 2.80. The summed E-state index contributed by atoms with van der Waals surface area (Å²) in [5.74, 6) is 0.849. The third-order valence-corrected chi connectivity index (χ3v) is 3.93. The molecule has 0 fully saturated rings. The maximum absolute atomic E-state index is 12.0. The summed E-state index contributed by atoms with van der Waals surface area (Å²) in [5.41, 5.74) is 3.59. The van der Waals surface area contributed by atoms with E-state index in [0.29, 0.717) is 22.8 Å². The first kappa shape index (κ1) is 20.6. The van der Waals surface area contributed by atoms with Gasteiger partial charge in [-0.15, -0.1) is 0 Å². The highest BCUT2D eigenvalue weighted by molar-refractivity contribution is 5.91. The fraction of sp³-hybridized carbons (Fsp3) is 0.0870. The van der Waals surface area contributed by atoms with Crippen molar-refractivity contribution < 1.29 is 23.8 Å². The smallest absolute Gasteiger partial charge is 0.343 e. The molecule has 7 nitrogen and oxygen atoms in total. The van der Waals surface area contributed by atoms with Gasteiger partial charge < -0.3 is 14.2 Å². The van der Waals surface area contributed by atoms with Crippen LogP contribution in [0, 0.1) is 0 Å². The maximum Gasteiger partial charge on any atom is 0.343 e. The maximum atomic E-state index is 12.0. The summed E-state index contributed by atoms with van der Waals surface area (Å²) < 4.78 is 15.7. The zero-order valence-corrected chi connectivity index (χ0v) is 16.3. The number of esters is 1. The van der Waals surface area contributed by atoms with Gasteiger partial charge in [0.25, 0.3) is 5.91 Å². The molecule has 0 saturated carbocycles. The van der Waals surface area contributed by atoms with E-state index in [1.165, 1.54) is 6.21 Å². The van der Waals surface area contributed by atoms with Crippen molar-refractivity contribution in [1.82, 2.24) is 5.43 Å². The van der Waals surface area contributed by atoms with Crippen LogP contribution in [0.5, 0.6) is 17.2 Å². The number of carbonyl (C=O) groups is 2. The standard InChI is InChI=1S/C23H20N2O5/c1-28-19-11-13-20(14-12-19)29-16-22(26)25-24-15-17-7-9-21(10-8-17)30-23(27)18-5-3-2-4-6-18/h2-15H,16H2,1H3,(H,25,26)/b24-15+. The van der Waals surface area contributed by atoms with Crippen LogP contribution in [0.3, 0.4) is 0 Å². The predicted molar refractivity (Wildman–Crippen MR) is 112 cm³/mol. The van der Waals surface area contributed by atoms with E-state index in [-0.39, 0.29) is 6.61 Å². The molecule has 0 aliphatic carbocycles. The van der Waals surface area contributed by atoms with E-state index < -0.39 is 11.9 Å². The molecule has 0 aliphatic rings. The van der Waals surface area contributed by atoms with Crippen LogP contribution >= 0.6 is 0 Å². The number of nitrogens with zero attached hydrogens (tertiary/aromatic N) is 1. The Bertz CT molecular complexity index is 1000. The third kappa shape index (κ3) is 6.20. The normalized spacial score (nSPS) is 10.4. The van der Waals surface area contributed by atoms with Crippen LogP contribution in [0.4, 0.5) is 0 Å². The zero-order valence-electron chi connectivity index (χ0n) is 16.3. The second-order valence-corrected chi connectivity index (χ2v) is 6.08. The highest BCUT2D eigenvalue weighted by Crippen LogP contribution is 2.17. The molecular weight excluding hydrogens is 384 g/mol. The Kier molecular flexibility index (Phi) is 7.16. The lowest BCUT2D eigenvalue weighted by molar-refractivity contribution is -0.123. The van der Waals surface area contributed by atoms with Gasteiger partial charge in [0.05, 0.1) is 18.9 Å². The summed E-state index contributed by atoms with van der Waals surface area (Å²) in [4.78, 5) is 23.8. The molecule has 0 bridgehead atoms. The molecule has 0 unspecified atom stereocenters. The summed E-state index contributed by atoms with van der Waals surface area (Å²) in [6.45, 7) is -0.169. The van der Waals surface area contributed by atoms with Crippen molar-refractivity contribution >= 4 is 18.1 Å². The molecule has 3 aromatic carbocycles. The zero-order chi connectivity index (χ0) is 21.2. The van der Waals surface area contributed by atoms with Crippen LogP contribution in [-0.2, 0) is 4.79 Å². The minimum Gasteiger partial charge on any atom is -0.497 e. The van der Waals surface area contributed by atoms with Gasteiger partial charge in [0.2, 0.25) is 0 Å². The van der Waals surface area contributed by atoms with E-state index in [9.17, 15) is 9.59 Å². The number of ether oxygens (including phenoxy) is 3. The number of hydrogen-bond donors (Lipinski definition) is 1. The number of hydrogen-bond acceptors (Lipinski definition) is 6. The highest BCUT2D eigenvalue weighted by atomic mass is 16.5. The van der Waals surface area contributed by atoms with Crippen molar-refractivity contribution in [2.24, 2.45) is 5.10 Å². The molecule has 152 valence electrons. The summed E-state index contributed by atoms with van der Waals surface area (Å²) in [6.07, 6.45) is 1.48. The van der Waals surface area contributed by atoms with Crippen molar-refractivity contribution in [3.63, 3.8) is 0 Å². The van der Waals surface area contributed by atoms with E-state index in [4.69, 9.17) is 14.2 Å². The lowest BCUT2D eigenvalue weighted by Gasteiger charge is -2.06. The van der Waals surface area contributed by atoms with Gasteiger partial charge in [0.15, 0.2) is 6.61 Å². The molecule has 7 heteroatoms. The van der Waals surface area contributed by atoms with Gasteiger partial charge in [-0.05, 0) is 66.2 Å². The summed E-state index contributed by atoms with van der Waals surface area (Å²) >= 11 is 0. The highest BCUT2D eigenvalue weighted by Gasteiger charge is 2.07. The van der Waals surface area contributed by atoms with Gasteiger partial charge in [-0.1, -0.05) is 18.2 Å². The van der Waals surface area contributed by atoms with Crippen LogP contribution in [0.25, 0.3) is 0 Å². The van der Waals surface area contributed by atoms with Crippen LogP contribution in [0.2, 0.25) is 0 Å². The number of amides is 1. The van der Waals surface area contributed by atoms with Gasteiger partial charge in [-0.25, -0.2) is 10.2 Å². The Hall–Kier alpha value is -4.13. The second-order valence-electron chi connectivity index (χ2n) is 6.08. The molecule has 0 radical (unpaired) electrons. The van der Waals surface area contributed by atoms with Gasteiger partial charge in [-0.3, -0.25) is 4.79 Å². The van der Waals surface area contributed by atoms with Crippen LogP contribution in [0.1, 0.15) is 15.9 Å². The van der Waals surface area contributed by atoms with E-state index in [1.54, 1.807) is 79.9 Å². The fourth-order valence-electron chi connectivity index (χ4n) is 2.39. The van der Waals surface area contributed by atoms with Gasteiger partial charge in [0.1, 0.15) is 17.2 Å². The molecule has 1 N–H and O–H groups in total. The monoisotopic (exact) mass is 404 g/mol. The molecule has 0 aliphatic heterocycles. The van der Waals surface area contributed by atoms with E-state index in [1.807, 2.05) is 6.07 Å². The topological polar surface area (TPSA) is 86.2 Å².